The molecular weight excluding hydrogens is 422 g/mol. The van der Waals surface area contributed by atoms with Gasteiger partial charge in [0.25, 0.3) is 5.91 Å². The standard InChI is InChI=1S/C21H29N3O6S/c1-20(2,21(30-4)11-10-15(18(22)25)12-17(21)29-3)13-23-19(26)14-6-8-16(9-7-14)24-31(5,27)28/h6-12,17,24H,13H2,1-5H3,(H2,22,25)(H,23,26). The fourth-order valence-electron chi connectivity index (χ4n) is 3.57. The Morgan fingerprint density at radius 1 is 1.19 bits per heavy atom. The zero-order chi connectivity index (χ0) is 23.4. The van der Waals surface area contributed by atoms with E-state index in [9.17, 15) is 18.0 Å². The third-order valence-electron chi connectivity index (χ3n) is 5.34. The molecule has 10 heteroatoms. The third kappa shape index (κ3) is 5.52. The summed E-state index contributed by atoms with van der Waals surface area (Å²) < 4.78 is 36.4. The monoisotopic (exact) mass is 451 g/mol. The van der Waals surface area contributed by atoms with Crippen LogP contribution in [0.1, 0.15) is 24.2 Å². The lowest BCUT2D eigenvalue weighted by atomic mass is 9.68. The van der Waals surface area contributed by atoms with Crippen LogP contribution in [-0.2, 0) is 24.3 Å². The third-order valence-corrected chi connectivity index (χ3v) is 5.95. The molecule has 0 heterocycles. The van der Waals surface area contributed by atoms with Gasteiger partial charge in [0.05, 0.1) is 6.26 Å². The molecule has 0 saturated heterocycles. The van der Waals surface area contributed by atoms with E-state index < -0.39 is 33.1 Å². The topological polar surface area (TPSA) is 137 Å². The molecule has 0 aliphatic heterocycles. The van der Waals surface area contributed by atoms with Gasteiger partial charge in [0, 0.05) is 43.0 Å². The van der Waals surface area contributed by atoms with Crippen molar-refractivity contribution in [3.63, 3.8) is 0 Å². The first kappa shape index (κ1) is 24.6. The van der Waals surface area contributed by atoms with Crippen molar-refractivity contribution in [2.75, 3.05) is 31.7 Å². The van der Waals surface area contributed by atoms with Crippen LogP contribution >= 0.6 is 0 Å². The molecule has 31 heavy (non-hydrogen) atoms. The van der Waals surface area contributed by atoms with Gasteiger partial charge in [-0.05, 0) is 36.4 Å². The average Bonchev–Trinajstić information content (AvgIpc) is 2.70. The minimum absolute atomic E-state index is 0.229. The second kappa shape index (κ2) is 9.21. The smallest absolute Gasteiger partial charge is 0.251 e. The Balaban J connectivity index is 2.16. The summed E-state index contributed by atoms with van der Waals surface area (Å²) in [5, 5.41) is 2.88. The van der Waals surface area contributed by atoms with E-state index >= 15 is 0 Å². The number of carbonyl (C=O) groups is 2. The summed E-state index contributed by atoms with van der Waals surface area (Å²) >= 11 is 0. The van der Waals surface area contributed by atoms with Gasteiger partial charge in [-0.3, -0.25) is 14.3 Å². The number of amides is 2. The Kier molecular flexibility index (Phi) is 7.30. The lowest BCUT2D eigenvalue weighted by molar-refractivity contribution is -0.132. The van der Waals surface area contributed by atoms with Crippen molar-refractivity contribution in [3.8, 4) is 0 Å². The molecule has 0 aromatic heterocycles. The molecule has 2 amide bonds. The molecular formula is C21H29N3O6S. The van der Waals surface area contributed by atoms with Gasteiger partial charge in [0.15, 0.2) is 0 Å². The van der Waals surface area contributed by atoms with E-state index in [4.69, 9.17) is 15.2 Å². The number of nitrogens with one attached hydrogen (secondary N) is 2. The fourth-order valence-corrected chi connectivity index (χ4v) is 4.14. The number of benzene rings is 1. The van der Waals surface area contributed by atoms with Crippen molar-refractivity contribution in [3.05, 3.63) is 53.6 Å². The summed E-state index contributed by atoms with van der Waals surface area (Å²) in [7, 11) is -0.350. The van der Waals surface area contributed by atoms with E-state index in [1.54, 1.807) is 18.2 Å². The van der Waals surface area contributed by atoms with Gasteiger partial charge >= 0.3 is 0 Å². The van der Waals surface area contributed by atoms with E-state index in [1.165, 1.54) is 38.5 Å². The number of nitrogens with two attached hydrogens (primary N) is 1. The maximum absolute atomic E-state index is 12.6. The van der Waals surface area contributed by atoms with Crippen LogP contribution in [-0.4, -0.2) is 59.0 Å². The second-order valence-electron chi connectivity index (χ2n) is 7.99. The zero-order valence-electron chi connectivity index (χ0n) is 18.3. The molecule has 2 rings (SSSR count). The summed E-state index contributed by atoms with van der Waals surface area (Å²) in [6, 6.07) is 6.09. The van der Waals surface area contributed by atoms with Crippen molar-refractivity contribution in [2.24, 2.45) is 11.1 Å². The number of methoxy groups -OCH3 is 2. The molecule has 1 aliphatic rings. The molecule has 9 nitrogen and oxygen atoms in total. The predicted molar refractivity (Wildman–Crippen MR) is 118 cm³/mol. The number of anilines is 1. The first-order valence-electron chi connectivity index (χ1n) is 9.50. The van der Waals surface area contributed by atoms with Gasteiger partial charge in [0.1, 0.15) is 11.7 Å². The fraction of sp³-hybridized carbons (Fsp3) is 0.429. The Morgan fingerprint density at radius 3 is 2.29 bits per heavy atom. The van der Waals surface area contributed by atoms with Gasteiger partial charge in [-0.2, -0.15) is 0 Å². The predicted octanol–water partition coefficient (Wildman–Crippen LogP) is 1.20. The van der Waals surface area contributed by atoms with Gasteiger partial charge < -0.3 is 20.5 Å². The van der Waals surface area contributed by atoms with Crippen molar-refractivity contribution >= 4 is 27.5 Å². The summed E-state index contributed by atoms with van der Waals surface area (Å²) in [5.41, 5.74) is 4.83. The maximum Gasteiger partial charge on any atom is 0.251 e. The molecule has 170 valence electrons. The molecule has 0 bridgehead atoms. The summed E-state index contributed by atoms with van der Waals surface area (Å²) in [6.45, 7) is 4.05. The van der Waals surface area contributed by atoms with Crippen molar-refractivity contribution in [2.45, 2.75) is 25.6 Å². The minimum atomic E-state index is -3.40. The Bertz CT molecular complexity index is 998. The Morgan fingerprint density at radius 2 is 1.81 bits per heavy atom. The largest absolute Gasteiger partial charge is 0.374 e. The number of hydrogen-bond acceptors (Lipinski definition) is 6. The van der Waals surface area contributed by atoms with Gasteiger partial charge in [-0.25, -0.2) is 8.42 Å². The molecule has 0 saturated carbocycles. The summed E-state index contributed by atoms with van der Waals surface area (Å²) in [5.74, 6) is -0.893. The molecule has 1 aromatic rings. The van der Waals surface area contributed by atoms with E-state index in [0.29, 0.717) is 16.8 Å². The van der Waals surface area contributed by atoms with E-state index in [2.05, 4.69) is 10.0 Å². The molecule has 0 radical (unpaired) electrons. The lowest BCUT2D eigenvalue weighted by Gasteiger charge is -2.48. The Labute approximate surface area is 182 Å². The van der Waals surface area contributed by atoms with E-state index in [-0.39, 0.29) is 12.5 Å². The number of primary amides is 1. The highest BCUT2D eigenvalue weighted by atomic mass is 32.2. The number of rotatable bonds is 9. The van der Waals surface area contributed by atoms with Crippen LogP contribution in [0, 0.1) is 5.41 Å². The highest BCUT2D eigenvalue weighted by molar-refractivity contribution is 7.92. The quantitative estimate of drug-likeness (QED) is 0.516. The number of sulfonamides is 1. The van der Waals surface area contributed by atoms with Gasteiger partial charge in [0.2, 0.25) is 15.9 Å². The van der Waals surface area contributed by atoms with Crippen LogP contribution in [0.5, 0.6) is 0 Å². The molecule has 2 unspecified atom stereocenters. The molecule has 4 N–H and O–H groups in total. The van der Waals surface area contributed by atoms with Crippen LogP contribution in [0.3, 0.4) is 0 Å². The maximum atomic E-state index is 12.6. The van der Waals surface area contributed by atoms with Crippen LogP contribution in [0.4, 0.5) is 5.69 Å². The zero-order valence-corrected chi connectivity index (χ0v) is 19.1. The number of ether oxygens (including phenoxy) is 2. The first-order chi connectivity index (χ1) is 14.3. The normalized spacial score (nSPS) is 21.3. The van der Waals surface area contributed by atoms with Crippen LogP contribution in [0.2, 0.25) is 0 Å². The van der Waals surface area contributed by atoms with Gasteiger partial charge in [-0.1, -0.05) is 19.9 Å². The highest BCUT2D eigenvalue weighted by Crippen LogP contribution is 2.42. The average molecular weight is 452 g/mol. The van der Waals surface area contributed by atoms with Gasteiger partial charge in [-0.15, -0.1) is 0 Å². The van der Waals surface area contributed by atoms with Crippen LogP contribution < -0.4 is 15.8 Å². The highest BCUT2D eigenvalue weighted by Gasteiger charge is 2.50. The summed E-state index contributed by atoms with van der Waals surface area (Å²) in [6.07, 6.45) is 5.40. The first-order valence-corrected chi connectivity index (χ1v) is 11.4. The van der Waals surface area contributed by atoms with Crippen molar-refractivity contribution in [1.29, 1.82) is 0 Å². The van der Waals surface area contributed by atoms with Crippen molar-refractivity contribution < 1.29 is 27.5 Å². The summed E-state index contributed by atoms with van der Waals surface area (Å²) in [4.78, 5) is 24.2. The second-order valence-corrected chi connectivity index (χ2v) is 9.74. The van der Waals surface area contributed by atoms with Crippen LogP contribution in [0.25, 0.3) is 0 Å². The van der Waals surface area contributed by atoms with E-state index in [0.717, 1.165) is 6.26 Å². The lowest BCUT2D eigenvalue weighted by Crippen LogP contribution is -2.58. The van der Waals surface area contributed by atoms with Crippen LogP contribution in [0.15, 0.2) is 48.1 Å². The van der Waals surface area contributed by atoms with Crippen molar-refractivity contribution in [1.82, 2.24) is 5.32 Å². The SMILES string of the molecule is COC1C=C(C(N)=O)C=CC1(OC)C(C)(C)CNC(=O)c1ccc(NS(C)(=O)=O)cc1. The molecule has 2 atom stereocenters. The Hall–Kier alpha value is -2.69. The molecule has 0 fully saturated rings. The molecule has 0 spiro atoms. The number of carbonyl (C=O) groups excluding carboxylic acids is 2. The molecule has 1 aromatic carbocycles. The van der Waals surface area contributed by atoms with E-state index in [1.807, 2.05) is 13.8 Å². The minimum Gasteiger partial charge on any atom is -0.374 e. The molecule has 1 aliphatic carbocycles. The number of hydrogen-bond donors (Lipinski definition) is 3.